The Morgan fingerprint density at radius 3 is 2.58 bits per heavy atom. The van der Waals surface area contributed by atoms with Crippen LogP contribution in [-0.4, -0.2) is 22.9 Å². The number of benzene rings is 2. The van der Waals surface area contributed by atoms with E-state index in [1.807, 2.05) is 0 Å². The molecule has 26 heavy (non-hydrogen) atoms. The molecule has 0 radical (unpaired) electrons. The lowest BCUT2D eigenvalue weighted by molar-refractivity contribution is 0.102. The van der Waals surface area contributed by atoms with Crippen molar-refractivity contribution in [3.05, 3.63) is 66.0 Å². The van der Waals surface area contributed by atoms with Crippen LogP contribution in [0, 0.1) is 5.82 Å². The minimum Gasteiger partial charge on any atom is -0.454 e. The second-order valence-corrected chi connectivity index (χ2v) is 5.46. The summed E-state index contributed by atoms with van der Waals surface area (Å²) in [4.78, 5) is 12.3. The molecule has 0 saturated heterocycles. The van der Waals surface area contributed by atoms with Gasteiger partial charge in [-0.05, 0) is 48.5 Å². The Hall–Kier alpha value is -3.68. The minimum absolute atomic E-state index is 0.145. The van der Waals surface area contributed by atoms with Gasteiger partial charge in [-0.25, -0.2) is 4.39 Å². The standard InChI is InChI=1S/C18H13FN4O3/c19-12-2-1-3-13(9-12)20-16-6-7-17(23-22-16)21-18(24)11-4-5-14-15(8-11)26-10-25-14/h1-9H,10H2,(H,20,22)(H,21,23,24). The molecule has 0 aliphatic carbocycles. The summed E-state index contributed by atoms with van der Waals surface area (Å²) in [5.41, 5.74) is 0.967. The van der Waals surface area contributed by atoms with E-state index >= 15 is 0 Å². The summed E-state index contributed by atoms with van der Waals surface area (Å²) in [5, 5.41) is 13.5. The van der Waals surface area contributed by atoms with E-state index in [1.165, 1.54) is 12.1 Å². The van der Waals surface area contributed by atoms with Gasteiger partial charge in [0.1, 0.15) is 5.82 Å². The summed E-state index contributed by atoms with van der Waals surface area (Å²) in [6.07, 6.45) is 0. The van der Waals surface area contributed by atoms with Gasteiger partial charge in [-0.15, -0.1) is 10.2 Å². The van der Waals surface area contributed by atoms with Crippen molar-refractivity contribution in [1.29, 1.82) is 0 Å². The van der Waals surface area contributed by atoms with Gasteiger partial charge in [0, 0.05) is 11.3 Å². The van der Waals surface area contributed by atoms with Crippen molar-refractivity contribution in [2.24, 2.45) is 0 Å². The first-order chi connectivity index (χ1) is 12.7. The molecule has 1 aliphatic heterocycles. The summed E-state index contributed by atoms with van der Waals surface area (Å²) >= 11 is 0. The van der Waals surface area contributed by atoms with Gasteiger partial charge < -0.3 is 20.1 Å². The van der Waals surface area contributed by atoms with Gasteiger partial charge in [-0.1, -0.05) is 6.07 Å². The number of hydrogen-bond acceptors (Lipinski definition) is 6. The Kier molecular flexibility index (Phi) is 4.06. The maximum atomic E-state index is 13.2. The molecule has 1 amide bonds. The molecule has 130 valence electrons. The molecule has 7 nitrogen and oxygen atoms in total. The Bertz CT molecular complexity index is 963. The lowest BCUT2D eigenvalue weighted by Crippen LogP contribution is -2.13. The maximum Gasteiger partial charge on any atom is 0.257 e. The van der Waals surface area contributed by atoms with Crippen LogP contribution in [0.25, 0.3) is 0 Å². The van der Waals surface area contributed by atoms with Gasteiger partial charge in [0.15, 0.2) is 23.1 Å². The molecule has 0 saturated carbocycles. The van der Waals surface area contributed by atoms with Gasteiger partial charge in [0.25, 0.3) is 5.91 Å². The molecule has 0 spiro atoms. The van der Waals surface area contributed by atoms with Gasteiger partial charge in [0.05, 0.1) is 0 Å². The fourth-order valence-corrected chi connectivity index (χ4v) is 2.41. The number of rotatable bonds is 4. The van der Waals surface area contributed by atoms with E-state index < -0.39 is 0 Å². The molecule has 2 heterocycles. The fraction of sp³-hybridized carbons (Fsp3) is 0.0556. The minimum atomic E-state index is -0.351. The normalized spacial score (nSPS) is 11.9. The van der Waals surface area contributed by atoms with E-state index in [4.69, 9.17) is 9.47 Å². The van der Waals surface area contributed by atoms with Crippen molar-refractivity contribution < 1.29 is 18.7 Å². The highest BCUT2D eigenvalue weighted by Gasteiger charge is 2.16. The molecule has 2 aromatic carbocycles. The van der Waals surface area contributed by atoms with Crippen LogP contribution in [0.15, 0.2) is 54.6 Å². The van der Waals surface area contributed by atoms with Gasteiger partial charge in [0.2, 0.25) is 6.79 Å². The quantitative estimate of drug-likeness (QED) is 0.749. The summed E-state index contributed by atoms with van der Waals surface area (Å²) in [6.45, 7) is 0.145. The Balaban J connectivity index is 1.43. The predicted molar refractivity (Wildman–Crippen MR) is 92.2 cm³/mol. The molecular formula is C18H13FN4O3. The molecule has 1 aromatic heterocycles. The molecule has 1 aliphatic rings. The number of amides is 1. The van der Waals surface area contributed by atoms with Crippen LogP contribution in [-0.2, 0) is 0 Å². The summed E-state index contributed by atoms with van der Waals surface area (Å²) < 4.78 is 23.7. The van der Waals surface area contributed by atoms with Crippen LogP contribution in [0.4, 0.5) is 21.7 Å². The molecule has 0 bridgehead atoms. The highest BCUT2D eigenvalue weighted by Crippen LogP contribution is 2.32. The number of halogens is 1. The summed E-state index contributed by atoms with van der Waals surface area (Å²) in [6, 6.07) is 14.1. The third-order valence-corrected chi connectivity index (χ3v) is 3.64. The topological polar surface area (TPSA) is 85.4 Å². The van der Waals surface area contributed by atoms with Crippen molar-refractivity contribution in [3.63, 3.8) is 0 Å². The first-order valence-corrected chi connectivity index (χ1v) is 7.75. The monoisotopic (exact) mass is 352 g/mol. The van der Waals surface area contributed by atoms with E-state index in [1.54, 1.807) is 42.5 Å². The smallest absolute Gasteiger partial charge is 0.257 e. The third kappa shape index (κ3) is 3.39. The second-order valence-electron chi connectivity index (χ2n) is 5.46. The lowest BCUT2D eigenvalue weighted by Gasteiger charge is -2.07. The van der Waals surface area contributed by atoms with E-state index in [2.05, 4.69) is 20.8 Å². The number of hydrogen-bond donors (Lipinski definition) is 2. The van der Waals surface area contributed by atoms with E-state index in [9.17, 15) is 9.18 Å². The summed E-state index contributed by atoms with van der Waals surface area (Å²) in [7, 11) is 0. The number of anilines is 3. The number of nitrogens with zero attached hydrogens (tertiary/aromatic N) is 2. The van der Waals surface area contributed by atoms with Crippen LogP contribution >= 0.6 is 0 Å². The van der Waals surface area contributed by atoms with Crippen LogP contribution in [0.3, 0.4) is 0 Å². The molecule has 0 atom stereocenters. The zero-order chi connectivity index (χ0) is 17.9. The van der Waals surface area contributed by atoms with Crippen LogP contribution in [0.1, 0.15) is 10.4 Å². The highest BCUT2D eigenvalue weighted by molar-refractivity contribution is 6.04. The zero-order valence-electron chi connectivity index (χ0n) is 13.4. The number of ether oxygens (including phenoxy) is 2. The van der Waals surface area contributed by atoms with Crippen molar-refractivity contribution >= 4 is 23.2 Å². The molecule has 2 N–H and O–H groups in total. The first-order valence-electron chi connectivity index (χ1n) is 7.75. The van der Waals surface area contributed by atoms with Crippen molar-refractivity contribution in [2.75, 3.05) is 17.4 Å². The SMILES string of the molecule is O=C(Nc1ccc(Nc2cccc(F)c2)nn1)c1ccc2c(c1)OCO2. The number of carbonyl (C=O) groups excluding carboxylic acids is 1. The molecule has 3 aromatic rings. The highest BCUT2D eigenvalue weighted by atomic mass is 19.1. The number of aromatic nitrogens is 2. The van der Waals surface area contributed by atoms with Crippen molar-refractivity contribution in [1.82, 2.24) is 10.2 Å². The van der Waals surface area contributed by atoms with E-state index in [0.717, 1.165) is 0 Å². The van der Waals surface area contributed by atoms with Crippen LogP contribution < -0.4 is 20.1 Å². The third-order valence-electron chi connectivity index (χ3n) is 3.64. The van der Waals surface area contributed by atoms with Crippen molar-refractivity contribution in [3.8, 4) is 11.5 Å². The van der Waals surface area contributed by atoms with Gasteiger partial charge in [-0.3, -0.25) is 4.79 Å². The lowest BCUT2D eigenvalue weighted by atomic mass is 10.2. The second kappa shape index (κ2) is 6.67. The van der Waals surface area contributed by atoms with Crippen LogP contribution in [0.5, 0.6) is 11.5 Å². The fourth-order valence-electron chi connectivity index (χ4n) is 2.41. The molecule has 8 heteroatoms. The van der Waals surface area contributed by atoms with Crippen LogP contribution in [0.2, 0.25) is 0 Å². The zero-order valence-corrected chi connectivity index (χ0v) is 13.4. The largest absolute Gasteiger partial charge is 0.454 e. The average molecular weight is 352 g/mol. The molecular weight excluding hydrogens is 339 g/mol. The molecule has 0 unspecified atom stereocenters. The average Bonchev–Trinajstić information content (AvgIpc) is 3.11. The Labute approximate surface area is 147 Å². The molecule has 4 rings (SSSR count). The van der Waals surface area contributed by atoms with Gasteiger partial charge >= 0.3 is 0 Å². The Morgan fingerprint density at radius 1 is 0.962 bits per heavy atom. The van der Waals surface area contributed by atoms with E-state index in [-0.39, 0.29) is 24.3 Å². The predicted octanol–water partition coefficient (Wildman–Crippen LogP) is 3.34. The summed E-state index contributed by atoms with van der Waals surface area (Å²) in [5.74, 6) is 1.15. The number of carbonyl (C=O) groups is 1. The van der Waals surface area contributed by atoms with E-state index in [0.29, 0.717) is 28.6 Å². The van der Waals surface area contributed by atoms with Crippen molar-refractivity contribution in [2.45, 2.75) is 0 Å². The number of fused-ring (bicyclic) bond motifs is 1. The maximum absolute atomic E-state index is 13.2. The molecule has 0 fully saturated rings. The number of nitrogens with one attached hydrogen (secondary N) is 2. The Morgan fingerprint density at radius 2 is 1.77 bits per heavy atom. The first kappa shape index (κ1) is 15.8. The van der Waals surface area contributed by atoms with Gasteiger partial charge in [-0.2, -0.15) is 0 Å².